The Kier molecular flexibility index (Phi) is 5.15. The fourth-order valence-electron chi connectivity index (χ4n) is 3.34. The van der Waals surface area contributed by atoms with Crippen molar-refractivity contribution in [2.75, 3.05) is 5.32 Å². The van der Waals surface area contributed by atoms with E-state index in [-0.39, 0.29) is 27.1 Å². The number of fused-ring (bicyclic) bond motifs is 1. The molecule has 0 aliphatic rings. The molecule has 4 aromatic heterocycles. The molecule has 5 aromatic rings. The molecule has 0 unspecified atom stereocenters. The number of aromatic nitrogens is 5. The maximum Gasteiger partial charge on any atom is 0.269 e. The lowest BCUT2D eigenvalue weighted by molar-refractivity contribution is 0.589. The van der Waals surface area contributed by atoms with Gasteiger partial charge in [-0.15, -0.1) is 0 Å². The zero-order valence-corrected chi connectivity index (χ0v) is 18.4. The molecule has 0 spiro atoms. The number of benzene rings is 1. The van der Waals surface area contributed by atoms with E-state index in [0.717, 1.165) is 3.97 Å². The van der Waals surface area contributed by atoms with E-state index < -0.39 is 10.0 Å². The number of aromatic amines is 1. The zero-order chi connectivity index (χ0) is 23.0. The van der Waals surface area contributed by atoms with Crippen LogP contribution in [0.5, 0.6) is 0 Å². The summed E-state index contributed by atoms with van der Waals surface area (Å²) in [5.41, 5.74) is 1.39. The summed E-state index contributed by atoms with van der Waals surface area (Å²) in [7, 11) is -3.91. The molecule has 0 saturated carbocycles. The van der Waals surface area contributed by atoms with Crippen molar-refractivity contribution < 1.29 is 8.42 Å². The van der Waals surface area contributed by atoms with Gasteiger partial charge in [-0.2, -0.15) is 0 Å². The third-order valence-electron chi connectivity index (χ3n) is 4.87. The molecule has 0 saturated heterocycles. The molecular formula is C22H15ClN6O3S. The number of halogens is 1. The number of hydrogen-bond acceptors (Lipinski definition) is 7. The summed E-state index contributed by atoms with van der Waals surface area (Å²) >= 11 is 6.42. The van der Waals surface area contributed by atoms with Crippen molar-refractivity contribution in [3.63, 3.8) is 0 Å². The van der Waals surface area contributed by atoms with Crippen LogP contribution in [0.15, 0.2) is 89.1 Å². The first kappa shape index (κ1) is 20.9. The fourth-order valence-corrected chi connectivity index (χ4v) is 4.88. The van der Waals surface area contributed by atoms with Crippen molar-refractivity contribution in [1.29, 1.82) is 0 Å². The summed E-state index contributed by atoms with van der Waals surface area (Å²) in [6.07, 6.45) is 5.89. The van der Waals surface area contributed by atoms with Gasteiger partial charge in [0.1, 0.15) is 0 Å². The molecule has 0 amide bonds. The average Bonchev–Trinajstić information content (AvgIpc) is 3.23. The van der Waals surface area contributed by atoms with E-state index in [1.807, 2.05) is 0 Å². The topological polar surface area (TPSA) is 123 Å². The SMILES string of the molecule is O=c1ccc(Nc2ncc(Cl)c(-c3cn(S(=O)(=O)c4ccccc4)c4ncccc34)n2)c[nH]1. The lowest BCUT2D eigenvalue weighted by Gasteiger charge is -2.07. The Labute approximate surface area is 192 Å². The van der Waals surface area contributed by atoms with Crippen LogP contribution in [-0.4, -0.2) is 32.3 Å². The minimum absolute atomic E-state index is 0.133. The third kappa shape index (κ3) is 3.86. The van der Waals surface area contributed by atoms with Crippen LogP contribution in [0.1, 0.15) is 0 Å². The van der Waals surface area contributed by atoms with Gasteiger partial charge >= 0.3 is 0 Å². The molecule has 0 bridgehead atoms. The highest BCUT2D eigenvalue weighted by molar-refractivity contribution is 7.90. The fraction of sp³-hybridized carbons (Fsp3) is 0. The van der Waals surface area contributed by atoms with Crippen LogP contribution in [0.4, 0.5) is 11.6 Å². The van der Waals surface area contributed by atoms with Gasteiger partial charge in [0.15, 0.2) is 5.65 Å². The molecule has 0 aliphatic heterocycles. The van der Waals surface area contributed by atoms with Crippen LogP contribution in [0.3, 0.4) is 0 Å². The van der Waals surface area contributed by atoms with Crippen LogP contribution in [0.25, 0.3) is 22.3 Å². The molecule has 4 heterocycles. The summed E-state index contributed by atoms with van der Waals surface area (Å²) in [6.45, 7) is 0. The maximum atomic E-state index is 13.3. The molecule has 164 valence electrons. The van der Waals surface area contributed by atoms with Gasteiger partial charge in [-0.05, 0) is 30.3 Å². The number of rotatable bonds is 5. The normalized spacial score (nSPS) is 11.5. The van der Waals surface area contributed by atoms with Crippen LogP contribution in [0.2, 0.25) is 5.02 Å². The van der Waals surface area contributed by atoms with Crippen LogP contribution >= 0.6 is 11.6 Å². The minimum Gasteiger partial charge on any atom is -0.327 e. The van der Waals surface area contributed by atoms with Gasteiger partial charge in [0.05, 0.1) is 27.5 Å². The smallest absolute Gasteiger partial charge is 0.269 e. The Hall–Kier alpha value is -4.02. The number of nitrogens with one attached hydrogen (secondary N) is 2. The van der Waals surface area contributed by atoms with Crippen molar-refractivity contribution in [2.45, 2.75) is 4.90 Å². The summed E-state index contributed by atoms with van der Waals surface area (Å²) in [5, 5.41) is 3.79. The first-order valence-corrected chi connectivity index (χ1v) is 11.5. The highest BCUT2D eigenvalue weighted by Gasteiger charge is 2.24. The van der Waals surface area contributed by atoms with E-state index >= 15 is 0 Å². The molecule has 0 aliphatic carbocycles. The molecule has 1 aromatic carbocycles. The van der Waals surface area contributed by atoms with E-state index in [0.29, 0.717) is 22.3 Å². The first-order chi connectivity index (χ1) is 15.9. The first-order valence-electron chi connectivity index (χ1n) is 9.69. The van der Waals surface area contributed by atoms with E-state index in [1.54, 1.807) is 36.4 Å². The van der Waals surface area contributed by atoms with Crippen molar-refractivity contribution >= 4 is 44.3 Å². The van der Waals surface area contributed by atoms with Gasteiger partial charge in [0.2, 0.25) is 11.5 Å². The Morgan fingerprint density at radius 1 is 1.00 bits per heavy atom. The highest BCUT2D eigenvalue weighted by Crippen LogP contribution is 2.35. The number of pyridine rings is 2. The summed E-state index contributed by atoms with van der Waals surface area (Å²) in [5.74, 6) is 0.220. The molecule has 9 nitrogen and oxygen atoms in total. The van der Waals surface area contributed by atoms with Crippen molar-refractivity contribution in [1.82, 2.24) is 23.9 Å². The molecule has 11 heteroatoms. The lowest BCUT2D eigenvalue weighted by atomic mass is 10.1. The van der Waals surface area contributed by atoms with Gasteiger partial charge in [0, 0.05) is 35.6 Å². The van der Waals surface area contributed by atoms with Gasteiger partial charge < -0.3 is 10.3 Å². The second kappa shape index (κ2) is 8.15. The van der Waals surface area contributed by atoms with Gasteiger partial charge in [0.25, 0.3) is 10.0 Å². The molecule has 33 heavy (non-hydrogen) atoms. The van der Waals surface area contributed by atoms with Crippen LogP contribution in [0, 0.1) is 0 Å². The lowest BCUT2D eigenvalue weighted by Crippen LogP contribution is -2.12. The molecular weight excluding hydrogens is 464 g/mol. The number of H-pyrrole nitrogens is 1. The molecule has 0 radical (unpaired) electrons. The quantitative estimate of drug-likeness (QED) is 0.393. The predicted octanol–water partition coefficient (Wildman–Crippen LogP) is 3.82. The summed E-state index contributed by atoms with van der Waals surface area (Å²) in [6, 6.07) is 14.5. The van der Waals surface area contributed by atoms with E-state index in [4.69, 9.17) is 11.6 Å². The second-order valence-electron chi connectivity index (χ2n) is 6.99. The predicted molar refractivity (Wildman–Crippen MR) is 125 cm³/mol. The second-order valence-corrected chi connectivity index (χ2v) is 9.21. The van der Waals surface area contributed by atoms with E-state index in [2.05, 4.69) is 25.3 Å². The Bertz CT molecular complexity index is 1630. The minimum atomic E-state index is -3.91. The summed E-state index contributed by atoms with van der Waals surface area (Å²) < 4.78 is 27.8. The molecule has 0 atom stereocenters. The van der Waals surface area contributed by atoms with Crippen molar-refractivity contribution in [3.8, 4) is 11.3 Å². The zero-order valence-electron chi connectivity index (χ0n) is 16.8. The van der Waals surface area contributed by atoms with Crippen molar-refractivity contribution in [3.05, 3.63) is 94.8 Å². The van der Waals surface area contributed by atoms with Crippen LogP contribution < -0.4 is 10.9 Å². The van der Waals surface area contributed by atoms with Gasteiger partial charge in [-0.3, -0.25) is 4.79 Å². The third-order valence-corrected chi connectivity index (χ3v) is 6.81. The van der Waals surface area contributed by atoms with Crippen molar-refractivity contribution in [2.24, 2.45) is 0 Å². The van der Waals surface area contributed by atoms with Gasteiger partial charge in [-0.25, -0.2) is 27.3 Å². The average molecular weight is 479 g/mol. The Morgan fingerprint density at radius 2 is 1.82 bits per heavy atom. The standard InChI is InChI=1S/C22H15ClN6O3S/c23-18-12-26-22(27-14-8-9-19(30)25-11-14)28-20(18)17-13-29(21-16(17)7-4-10-24-21)33(31,32)15-5-2-1-3-6-15/h1-13H,(H,25,30)(H,26,27,28). The maximum absolute atomic E-state index is 13.3. The van der Waals surface area contributed by atoms with Crippen LogP contribution in [-0.2, 0) is 10.0 Å². The summed E-state index contributed by atoms with van der Waals surface area (Å²) in [4.78, 5) is 26.9. The molecule has 2 N–H and O–H groups in total. The van der Waals surface area contributed by atoms with Gasteiger partial charge in [-0.1, -0.05) is 29.8 Å². The van der Waals surface area contributed by atoms with E-state index in [9.17, 15) is 13.2 Å². The molecule has 0 fully saturated rings. The Morgan fingerprint density at radius 3 is 2.58 bits per heavy atom. The number of nitrogens with zero attached hydrogens (tertiary/aromatic N) is 4. The Balaban J connectivity index is 1.65. The van der Waals surface area contributed by atoms with E-state index in [1.165, 1.54) is 43.0 Å². The number of hydrogen-bond donors (Lipinski definition) is 2. The highest BCUT2D eigenvalue weighted by atomic mass is 35.5. The monoisotopic (exact) mass is 478 g/mol. The largest absolute Gasteiger partial charge is 0.327 e. The molecule has 5 rings (SSSR count). The number of anilines is 2.